The summed E-state index contributed by atoms with van der Waals surface area (Å²) in [6.07, 6.45) is 3.47. The van der Waals surface area contributed by atoms with E-state index < -0.39 is 6.04 Å². The highest BCUT2D eigenvalue weighted by atomic mass is 19.1. The maximum atomic E-state index is 13.4. The lowest BCUT2D eigenvalue weighted by Gasteiger charge is -2.30. The molecule has 0 spiro atoms. The van der Waals surface area contributed by atoms with Gasteiger partial charge in [0.15, 0.2) is 0 Å². The standard InChI is InChI=1S/C28H28FN3O3/c1-28(13-14-28)27(34)31-23(17-33)26(22-5-3-4-6-25(22)35-2)18-7-12-24-19(15-18)16-30-32(24)21-10-8-20(29)9-11-21/h3-12,15-16,23,26,33H,13-14,17H2,1-2H3,(H,31,34). The molecule has 1 aromatic heterocycles. The second-order valence-electron chi connectivity index (χ2n) is 9.39. The van der Waals surface area contributed by atoms with E-state index in [9.17, 15) is 14.3 Å². The van der Waals surface area contributed by atoms with E-state index in [1.165, 1.54) is 12.1 Å². The molecule has 2 unspecified atom stereocenters. The van der Waals surface area contributed by atoms with Gasteiger partial charge in [0.05, 0.1) is 37.2 Å². The number of fused-ring (bicyclic) bond motifs is 1. The van der Waals surface area contributed by atoms with Crippen molar-refractivity contribution in [3.63, 3.8) is 0 Å². The van der Waals surface area contributed by atoms with Gasteiger partial charge in [0, 0.05) is 22.3 Å². The zero-order valence-electron chi connectivity index (χ0n) is 19.7. The molecule has 1 aliphatic carbocycles. The third kappa shape index (κ3) is 4.39. The fraction of sp³-hybridized carbons (Fsp3) is 0.286. The van der Waals surface area contributed by atoms with E-state index >= 15 is 0 Å². The van der Waals surface area contributed by atoms with Crippen LogP contribution in [0.15, 0.2) is 72.9 Å². The van der Waals surface area contributed by atoms with Crippen LogP contribution in [0.1, 0.15) is 36.8 Å². The molecule has 0 saturated heterocycles. The van der Waals surface area contributed by atoms with E-state index in [4.69, 9.17) is 4.74 Å². The van der Waals surface area contributed by atoms with Gasteiger partial charge in [0.1, 0.15) is 11.6 Å². The summed E-state index contributed by atoms with van der Waals surface area (Å²) in [4.78, 5) is 12.9. The summed E-state index contributed by atoms with van der Waals surface area (Å²) < 4.78 is 20.8. The molecule has 0 bridgehead atoms. The van der Waals surface area contributed by atoms with Crippen LogP contribution in [-0.4, -0.2) is 40.6 Å². The first-order chi connectivity index (χ1) is 16.9. The molecule has 5 rings (SSSR count). The molecule has 1 amide bonds. The normalized spacial score (nSPS) is 16.0. The summed E-state index contributed by atoms with van der Waals surface area (Å²) in [6, 6.07) is 19.3. The lowest BCUT2D eigenvalue weighted by atomic mass is 9.84. The number of rotatable bonds is 8. The molecule has 3 aromatic carbocycles. The summed E-state index contributed by atoms with van der Waals surface area (Å²) in [5.41, 5.74) is 3.06. The second-order valence-corrected chi connectivity index (χ2v) is 9.39. The Labute approximate surface area is 203 Å². The Kier molecular flexibility index (Phi) is 6.03. The second kappa shape index (κ2) is 9.15. The van der Waals surface area contributed by atoms with Gasteiger partial charge in [-0.25, -0.2) is 9.07 Å². The van der Waals surface area contributed by atoms with Crippen molar-refractivity contribution >= 4 is 16.8 Å². The minimum absolute atomic E-state index is 0.0401. The van der Waals surface area contributed by atoms with Crippen LogP contribution in [0.5, 0.6) is 5.75 Å². The number of nitrogens with zero attached hydrogens (tertiary/aromatic N) is 2. The average molecular weight is 474 g/mol. The number of aliphatic hydroxyl groups excluding tert-OH is 1. The Balaban J connectivity index is 1.58. The SMILES string of the molecule is COc1ccccc1C(c1ccc2c(cnn2-c2ccc(F)cc2)c1)C(CO)NC(=O)C1(C)CC1. The quantitative estimate of drug-likeness (QED) is 0.393. The molecule has 2 N–H and O–H groups in total. The smallest absolute Gasteiger partial charge is 0.226 e. The number of hydrogen-bond donors (Lipinski definition) is 2. The molecule has 1 aliphatic rings. The Hall–Kier alpha value is -3.71. The molecule has 1 saturated carbocycles. The van der Waals surface area contributed by atoms with Crippen LogP contribution in [0.3, 0.4) is 0 Å². The van der Waals surface area contributed by atoms with E-state index in [0.717, 1.165) is 40.6 Å². The average Bonchev–Trinajstić information content (AvgIpc) is 3.50. The van der Waals surface area contributed by atoms with E-state index in [-0.39, 0.29) is 29.7 Å². The van der Waals surface area contributed by atoms with Crippen molar-refractivity contribution in [3.8, 4) is 11.4 Å². The summed E-state index contributed by atoms with van der Waals surface area (Å²) in [5.74, 6) is -0.00286. The van der Waals surface area contributed by atoms with Gasteiger partial charge in [-0.05, 0) is 60.9 Å². The number of carbonyl (C=O) groups excluding carboxylic acids is 1. The van der Waals surface area contributed by atoms with Crippen LogP contribution in [0, 0.1) is 11.2 Å². The van der Waals surface area contributed by atoms with Gasteiger partial charge >= 0.3 is 0 Å². The lowest BCUT2D eigenvalue weighted by Crippen LogP contribution is -2.45. The highest BCUT2D eigenvalue weighted by Gasteiger charge is 2.46. The summed E-state index contributed by atoms with van der Waals surface area (Å²) in [5, 5.41) is 18.9. The van der Waals surface area contributed by atoms with Crippen molar-refractivity contribution in [1.82, 2.24) is 15.1 Å². The fourth-order valence-corrected chi connectivity index (χ4v) is 4.58. The number of nitrogens with one attached hydrogen (secondary N) is 1. The number of aliphatic hydroxyl groups is 1. The molecule has 7 heteroatoms. The van der Waals surface area contributed by atoms with Crippen molar-refractivity contribution < 1.29 is 19.0 Å². The Morgan fingerprint density at radius 3 is 2.60 bits per heavy atom. The Bertz CT molecular complexity index is 1360. The first-order valence-electron chi connectivity index (χ1n) is 11.7. The van der Waals surface area contributed by atoms with Crippen molar-refractivity contribution in [2.45, 2.75) is 31.7 Å². The molecule has 35 heavy (non-hydrogen) atoms. The van der Waals surface area contributed by atoms with Gasteiger partial charge in [-0.3, -0.25) is 4.79 Å². The van der Waals surface area contributed by atoms with Crippen LogP contribution in [0.2, 0.25) is 0 Å². The zero-order chi connectivity index (χ0) is 24.6. The molecule has 6 nitrogen and oxygen atoms in total. The van der Waals surface area contributed by atoms with Crippen LogP contribution < -0.4 is 10.1 Å². The van der Waals surface area contributed by atoms with Crippen molar-refractivity contribution in [2.24, 2.45) is 5.41 Å². The third-order valence-electron chi connectivity index (χ3n) is 6.96. The largest absolute Gasteiger partial charge is 0.496 e. The van der Waals surface area contributed by atoms with Gasteiger partial charge in [-0.15, -0.1) is 0 Å². The van der Waals surface area contributed by atoms with Crippen LogP contribution in [-0.2, 0) is 4.79 Å². The molecule has 1 heterocycles. The van der Waals surface area contributed by atoms with E-state index in [2.05, 4.69) is 10.4 Å². The van der Waals surface area contributed by atoms with E-state index in [0.29, 0.717) is 5.75 Å². The first-order valence-corrected chi connectivity index (χ1v) is 11.7. The van der Waals surface area contributed by atoms with Crippen molar-refractivity contribution in [3.05, 3.63) is 89.9 Å². The van der Waals surface area contributed by atoms with Gasteiger partial charge in [-0.2, -0.15) is 5.10 Å². The third-order valence-corrected chi connectivity index (χ3v) is 6.96. The molecule has 0 aliphatic heterocycles. The number of aromatic nitrogens is 2. The number of carbonyl (C=O) groups is 1. The summed E-state index contributed by atoms with van der Waals surface area (Å²) >= 11 is 0. The highest BCUT2D eigenvalue weighted by Crippen LogP contribution is 2.45. The van der Waals surface area contributed by atoms with E-state index in [1.54, 1.807) is 30.1 Å². The van der Waals surface area contributed by atoms with E-state index in [1.807, 2.05) is 49.4 Å². The Morgan fingerprint density at radius 2 is 1.91 bits per heavy atom. The first kappa shape index (κ1) is 23.1. The van der Waals surface area contributed by atoms with Crippen molar-refractivity contribution in [1.29, 1.82) is 0 Å². The number of benzene rings is 3. The van der Waals surface area contributed by atoms with Crippen LogP contribution in [0.4, 0.5) is 4.39 Å². The zero-order valence-corrected chi connectivity index (χ0v) is 19.7. The highest BCUT2D eigenvalue weighted by molar-refractivity contribution is 5.85. The predicted molar refractivity (Wildman–Crippen MR) is 132 cm³/mol. The minimum Gasteiger partial charge on any atom is -0.496 e. The number of amides is 1. The molecular formula is C28H28FN3O3. The Morgan fingerprint density at radius 1 is 1.17 bits per heavy atom. The topological polar surface area (TPSA) is 76.4 Å². The molecule has 180 valence electrons. The molecule has 4 aromatic rings. The lowest BCUT2D eigenvalue weighted by molar-refractivity contribution is -0.126. The van der Waals surface area contributed by atoms with Gasteiger partial charge in [0.25, 0.3) is 0 Å². The summed E-state index contributed by atoms with van der Waals surface area (Å²) in [6.45, 7) is 1.72. The van der Waals surface area contributed by atoms with Gasteiger partial charge in [-0.1, -0.05) is 31.2 Å². The maximum absolute atomic E-state index is 13.4. The molecular weight excluding hydrogens is 445 g/mol. The number of halogens is 1. The van der Waals surface area contributed by atoms with Crippen molar-refractivity contribution in [2.75, 3.05) is 13.7 Å². The minimum atomic E-state index is -0.541. The number of methoxy groups -OCH3 is 1. The predicted octanol–water partition coefficient (Wildman–Crippen LogP) is 4.58. The van der Waals surface area contributed by atoms with Crippen LogP contribution >= 0.6 is 0 Å². The number of ether oxygens (including phenoxy) is 1. The molecule has 1 fully saturated rings. The summed E-state index contributed by atoms with van der Waals surface area (Å²) in [7, 11) is 1.61. The monoisotopic (exact) mass is 473 g/mol. The molecule has 0 radical (unpaired) electrons. The molecule has 2 atom stereocenters. The van der Waals surface area contributed by atoms with Gasteiger partial charge in [0.2, 0.25) is 5.91 Å². The van der Waals surface area contributed by atoms with Gasteiger partial charge < -0.3 is 15.2 Å². The number of hydrogen-bond acceptors (Lipinski definition) is 4. The maximum Gasteiger partial charge on any atom is 0.226 e. The number of para-hydroxylation sites is 1. The fourth-order valence-electron chi connectivity index (χ4n) is 4.58. The van der Waals surface area contributed by atoms with Crippen LogP contribution in [0.25, 0.3) is 16.6 Å².